The van der Waals surface area contributed by atoms with Gasteiger partial charge >= 0.3 is 12.4 Å². The molecule has 10 heteroatoms. The first-order chi connectivity index (χ1) is 14.9. The molecule has 0 aliphatic carbocycles. The van der Waals surface area contributed by atoms with Crippen molar-refractivity contribution in [3.05, 3.63) is 58.9 Å². The number of amides is 1. The highest BCUT2D eigenvalue weighted by Gasteiger charge is 2.33. The van der Waals surface area contributed by atoms with Crippen LogP contribution in [0.25, 0.3) is 0 Å². The quantitative estimate of drug-likeness (QED) is 0.607. The molecule has 0 saturated carbocycles. The third-order valence-corrected chi connectivity index (χ3v) is 5.55. The molecule has 174 valence electrons. The molecule has 1 amide bonds. The van der Waals surface area contributed by atoms with Crippen LogP contribution in [0.5, 0.6) is 0 Å². The Morgan fingerprint density at radius 3 is 2.19 bits per heavy atom. The predicted octanol–water partition coefficient (Wildman–Crippen LogP) is 4.96. The molecule has 1 aromatic heterocycles. The van der Waals surface area contributed by atoms with Gasteiger partial charge in [-0.1, -0.05) is 19.1 Å². The molecule has 32 heavy (non-hydrogen) atoms. The fourth-order valence-electron chi connectivity index (χ4n) is 3.76. The second kappa shape index (κ2) is 8.99. The lowest BCUT2D eigenvalue weighted by Gasteiger charge is -2.38. The molecule has 1 aliphatic heterocycles. The van der Waals surface area contributed by atoms with E-state index in [1.165, 1.54) is 12.1 Å². The monoisotopic (exact) mass is 459 g/mol. The third-order valence-electron chi connectivity index (χ3n) is 5.55. The fraction of sp³-hybridized carbons (Fsp3) is 0.455. The Labute approximate surface area is 181 Å². The highest BCUT2D eigenvalue weighted by atomic mass is 19.4. The molecule has 2 aromatic rings. The molecule has 4 nitrogen and oxygen atoms in total. The number of halogens is 6. The van der Waals surface area contributed by atoms with Crippen molar-refractivity contribution < 1.29 is 31.1 Å². The van der Waals surface area contributed by atoms with Crippen molar-refractivity contribution in [1.29, 1.82) is 0 Å². The molecule has 0 bridgehead atoms. The topological polar surface area (TPSA) is 36.4 Å². The number of hydrogen-bond acceptors (Lipinski definition) is 3. The summed E-state index contributed by atoms with van der Waals surface area (Å²) in [5.74, 6) is -0.610. The van der Waals surface area contributed by atoms with Crippen LogP contribution in [-0.2, 0) is 23.6 Å². The number of anilines is 1. The Kier molecular flexibility index (Phi) is 6.71. The van der Waals surface area contributed by atoms with Crippen LogP contribution in [0.4, 0.5) is 32.0 Å². The molecule has 3 rings (SSSR count). The maximum absolute atomic E-state index is 13.1. The van der Waals surface area contributed by atoms with Gasteiger partial charge < -0.3 is 9.80 Å². The minimum Gasteiger partial charge on any atom is -0.368 e. The van der Waals surface area contributed by atoms with E-state index >= 15 is 0 Å². The van der Waals surface area contributed by atoms with Crippen molar-refractivity contribution in [2.45, 2.75) is 32.6 Å². The van der Waals surface area contributed by atoms with Crippen molar-refractivity contribution >= 4 is 11.6 Å². The molecule has 1 atom stereocenters. The average Bonchev–Trinajstić information content (AvgIpc) is 2.72. The summed E-state index contributed by atoms with van der Waals surface area (Å²) in [6, 6.07) is 5.83. The zero-order valence-electron chi connectivity index (χ0n) is 17.6. The first kappa shape index (κ1) is 23.9. The van der Waals surface area contributed by atoms with Gasteiger partial charge in [-0.2, -0.15) is 26.3 Å². The molecule has 0 radical (unpaired) electrons. The van der Waals surface area contributed by atoms with E-state index in [1.54, 1.807) is 18.7 Å². The highest BCUT2D eigenvalue weighted by Crippen LogP contribution is 2.34. The molecular formula is C22H23F6N3O. The van der Waals surface area contributed by atoms with Crippen LogP contribution >= 0.6 is 0 Å². The minimum absolute atomic E-state index is 0.148. The van der Waals surface area contributed by atoms with E-state index in [1.807, 2.05) is 4.90 Å². The zero-order valence-corrected chi connectivity index (χ0v) is 17.6. The number of benzene rings is 1. The smallest absolute Gasteiger partial charge is 0.368 e. The summed E-state index contributed by atoms with van der Waals surface area (Å²) >= 11 is 0. The van der Waals surface area contributed by atoms with Gasteiger partial charge in [-0.25, -0.2) is 0 Å². The third kappa shape index (κ3) is 5.52. The number of hydrogen-bond donors (Lipinski definition) is 0. The summed E-state index contributed by atoms with van der Waals surface area (Å²) in [6.45, 7) is 4.93. The number of carbonyl (C=O) groups excluding carboxylic acids is 1. The Morgan fingerprint density at radius 1 is 1.00 bits per heavy atom. The molecule has 1 aliphatic rings. The van der Waals surface area contributed by atoms with Crippen LogP contribution in [0, 0.1) is 12.8 Å². The second-order valence-electron chi connectivity index (χ2n) is 7.97. The molecule has 1 fully saturated rings. The summed E-state index contributed by atoms with van der Waals surface area (Å²) < 4.78 is 77.0. The standard InChI is InChI=1S/C22H23F6N3O/c1-14-3-5-17(21(23,24)25)12-18(14)30-7-9-31(10-8-30)20(32)15(2)11-16-4-6-19(29-13-16)22(26,27)28/h3-6,12-13,15H,7-11H2,1-2H3. The van der Waals surface area contributed by atoms with Crippen LogP contribution in [-0.4, -0.2) is 42.0 Å². The van der Waals surface area contributed by atoms with E-state index in [2.05, 4.69) is 4.98 Å². The van der Waals surface area contributed by atoms with E-state index in [0.29, 0.717) is 37.4 Å². The maximum Gasteiger partial charge on any atom is 0.433 e. The number of nitrogens with zero attached hydrogens (tertiary/aromatic N) is 3. The van der Waals surface area contributed by atoms with Crippen molar-refractivity contribution in [3.63, 3.8) is 0 Å². The summed E-state index contributed by atoms with van der Waals surface area (Å²) in [4.78, 5) is 19.7. The summed E-state index contributed by atoms with van der Waals surface area (Å²) in [5, 5.41) is 0. The number of aryl methyl sites for hydroxylation is 1. The van der Waals surface area contributed by atoms with E-state index in [0.717, 1.165) is 30.0 Å². The maximum atomic E-state index is 13.1. The summed E-state index contributed by atoms with van der Waals surface area (Å²) in [5.41, 5.74) is 0.0467. The Bertz CT molecular complexity index is 948. The molecule has 0 N–H and O–H groups in total. The van der Waals surface area contributed by atoms with Gasteiger partial charge in [-0.3, -0.25) is 9.78 Å². The van der Waals surface area contributed by atoms with Gasteiger partial charge in [0.25, 0.3) is 0 Å². The number of alkyl halides is 6. The predicted molar refractivity (Wildman–Crippen MR) is 107 cm³/mol. The Morgan fingerprint density at radius 2 is 1.66 bits per heavy atom. The molecule has 2 heterocycles. The SMILES string of the molecule is Cc1ccc(C(F)(F)F)cc1N1CCN(C(=O)C(C)Cc2ccc(C(F)(F)F)nc2)CC1. The number of pyridine rings is 1. The normalized spacial score (nSPS) is 16.2. The zero-order chi connectivity index (χ0) is 23.7. The average molecular weight is 459 g/mol. The van der Waals surface area contributed by atoms with Crippen LogP contribution in [0.3, 0.4) is 0 Å². The van der Waals surface area contributed by atoms with Gasteiger partial charge in [0.2, 0.25) is 5.91 Å². The van der Waals surface area contributed by atoms with Gasteiger partial charge in [-0.15, -0.1) is 0 Å². The van der Waals surface area contributed by atoms with Gasteiger partial charge in [0.1, 0.15) is 5.69 Å². The second-order valence-corrected chi connectivity index (χ2v) is 7.97. The van der Waals surface area contributed by atoms with Gasteiger partial charge in [0, 0.05) is 44.0 Å². The Balaban J connectivity index is 1.60. The Hall–Kier alpha value is -2.78. The minimum atomic E-state index is -4.52. The number of rotatable bonds is 4. The largest absolute Gasteiger partial charge is 0.433 e. The van der Waals surface area contributed by atoms with E-state index in [9.17, 15) is 31.1 Å². The molecule has 1 unspecified atom stereocenters. The van der Waals surface area contributed by atoms with Crippen molar-refractivity contribution in [3.8, 4) is 0 Å². The van der Waals surface area contributed by atoms with Crippen LogP contribution < -0.4 is 4.90 Å². The first-order valence-electron chi connectivity index (χ1n) is 10.1. The molecular weight excluding hydrogens is 436 g/mol. The van der Waals surface area contributed by atoms with Gasteiger partial charge in [-0.05, 0) is 42.7 Å². The van der Waals surface area contributed by atoms with E-state index < -0.39 is 29.5 Å². The summed E-state index contributed by atoms with van der Waals surface area (Å²) in [7, 11) is 0. The van der Waals surface area contributed by atoms with Crippen LogP contribution in [0.15, 0.2) is 36.5 Å². The lowest BCUT2D eigenvalue weighted by Crippen LogP contribution is -2.50. The van der Waals surface area contributed by atoms with E-state index in [4.69, 9.17) is 0 Å². The number of piperazine rings is 1. The van der Waals surface area contributed by atoms with Crippen LogP contribution in [0.2, 0.25) is 0 Å². The molecule has 1 saturated heterocycles. The molecule has 0 spiro atoms. The number of aromatic nitrogens is 1. The lowest BCUT2D eigenvalue weighted by atomic mass is 10.00. The highest BCUT2D eigenvalue weighted by molar-refractivity contribution is 5.79. The summed E-state index contributed by atoms with van der Waals surface area (Å²) in [6.07, 6.45) is -7.57. The van der Waals surface area contributed by atoms with Gasteiger partial charge in [0.15, 0.2) is 0 Å². The van der Waals surface area contributed by atoms with Crippen molar-refractivity contribution in [1.82, 2.24) is 9.88 Å². The van der Waals surface area contributed by atoms with Crippen molar-refractivity contribution in [2.24, 2.45) is 5.92 Å². The van der Waals surface area contributed by atoms with E-state index in [-0.39, 0.29) is 12.3 Å². The number of carbonyl (C=O) groups is 1. The molecule has 1 aromatic carbocycles. The van der Waals surface area contributed by atoms with Gasteiger partial charge in [0.05, 0.1) is 5.56 Å². The fourth-order valence-corrected chi connectivity index (χ4v) is 3.76. The first-order valence-corrected chi connectivity index (χ1v) is 10.1. The van der Waals surface area contributed by atoms with Crippen LogP contribution in [0.1, 0.15) is 29.3 Å². The lowest BCUT2D eigenvalue weighted by molar-refractivity contribution is -0.141. The van der Waals surface area contributed by atoms with Crippen molar-refractivity contribution in [2.75, 3.05) is 31.1 Å².